The van der Waals surface area contributed by atoms with Gasteiger partial charge >= 0.3 is 0 Å². The van der Waals surface area contributed by atoms with Gasteiger partial charge in [0.25, 0.3) is 0 Å². The van der Waals surface area contributed by atoms with E-state index in [-0.39, 0.29) is 12.1 Å². The maximum atomic E-state index is 9.29. The van der Waals surface area contributed by atoms with Gasteiger partial charge in [-0.15, -0.1) is 0 Å². The van der Waals surface area contributed by atoms with Crippen molar-refractivity contribution in [3.05, 3.63) is 29.6 Å². The molecule has 0 atom stereocenters. The van der Waals surface area contributed by atoms with Crippen molar-refractivity contribution in [3.63, 3.8) is 0 Å². The van der Waals surface area contributed by atoms with Gasteiger partial charge in [0, 0.05) is 18.3 Å². The Hall–Kier alpha value is -1.44. The van der Waals surface area contributed by atoms with E-state index in [4.69, 9.17) is 5.26 Å². The van der Waals surface area contributed by atoms with Crippen LogP contribution in [-0.4, -0.2) is 22.2 Å². The van der Waals surface area contributed by atoms with E-state index in [0.717, 1.165) is 18.4 Å². The third kappa shape index (κ3) is 2.21. The van der Waals surface area contributed by atoms with Gasteiger partial charge in [-0.2, -0.15) is 5.26 Å². The number of aromatic nitrogens is 1. The fourth-order valence-electron chi connectivity index (χ4n) is 1.93. The van der Waals surface area contributed by atoms with Crippen molar-refractivity contribution in [1.82, 2.24) is 10.3 Å². The lowest BCUT2D eigenvalue weighted by atomic mass is 9.77. The lowest BCUT2D eigenvalue weighted by Crippen LogP contribution is -2.53. The Morgan fingerprint density at radius 1 is 1.56 bits per heavy atom. The molecule has 4 heteroatoms. The zero-order valence-corrected chi connectivity index (χ0v) is 9.11. The van der Waals surface area contributed by atoms with Gasteiger partial charge in [-0.05, 0) is 37.0 Å². The minimum Gasteiger partial charge on any atom is -0.394 e. The molecule has 4 nitrogen and oxygen atoms in total. The van der Waals surface area contributed by atoms with Crippen LogP contribution in [0.25, 0.3) is 0 Å². The smallest absolute Gasteiger partial charge is 0.140 e. The quantitative estimate of drug-likeness (QED) is 0.788. The van der Waals surface area contributed by atoms with Gasteiger partial charge in [0.05, 0.1) is 6.61 Å². The highest BCUT2D eigenvalue weighted by atomic mass is 16.3. The topological polar surface area (TPSA) is 68.9 Å². The Labute approximate surface area is 94.9 Å². The van der Waals surface area contributed by atoms with Crippen LogP contribution in [0.1, 0.15) is 30.5 Å². The fraction of sp³-hybridized carbons (Fsp3) is 0.500. The second-order valence-electron chi connectivity index (χ2n) is 4.31. The van der Waals surface area contributed by atoms with E-state index in [9.17, 15) is 5.11 Å². The first-order chi connectivity index (χ1) is 7.78. The standard InChI is InChI=1S/C12H15N3O/c13-7-11-6-10(2-5-14-11)8-15-12(9-16)3-1-4-12/h2,5-6,15-16H,1,3-4,8-9H2. The molecule has 2 N–H and O–H groups in total. The van der Waals surface area contributed by atoms with Crippen molar-refractivity contribution in [3.8, 4) is 6.07 Å². The molecule has 2 rings (SSSR count). The van der Waals surface area contributed by atoms with E-state index in [1.807, 2.05) is 12.1 Å². The number of rotatable bonds is 4. The molecular formula is C12H15N3O. The van der Waals surface area contributed by atoms with Crippen LogP contribution in [0.4, 0.5) is 0 Å². The van der Waals surface area contributed by atoms with Gasteiger partial charge < -0.3 is 10.4 Å². The molecule has 0 aliphatic heterocycles. The minimum atomic E-state index is -0.0872. The third-order valence-electron chi connectivity index (χ3n) is 3.22. The second-order valence-corrected chi connectivity index (χ2v) is 4.31. The molecule has 16 heavy (non-hydrogen) atoms. The number of aliphatic hydroxyl groups excluding tert-OH is 1. The maximum Gasteiger partial charge on any atom is 0.140 e. The Kier molecular flexibility index (Phi) is 3.18. The van der Waals surface area contributed by atoms with Crippen LogP contribution in [0.15, 0.2) is 18.3 Å². The first-order valence-corrected chi connectivity index (χ1v) is 5.49. The summed E-state index contributed by atoms with van der Waals surface area (Å²) in [6.45, 7) is 0.862. The highest BCUT2D eigenvalue weighted by Gasteiger charge is 2.35. The average molecular weight is 217 g/mol. The van der Waals surface area contributed by atoms with Crippen molar-refractivity contribution in [2.24, 2.45) is 0 Å². The molecule has 1 aromatic heterocycles. The molecule has 1 aromatic rings. The summed E-state index contributed by atoms with van der Waals surface area (Å²) >= 11 is 0. The summed E-state index contributed by atoms with van der Waals surface area (Å²) in [7, 11) is 0. The summed E-state index contributed by atoms with van der Waals surface area (Å²) in [6.07, 6.45) is 4.87. The molecule has 84 valence electrons. The van der Waals surface area contributed by atoms with Gasteiger partial charge in [-0.3, -0.25) is 0 Å². The van der Waals surface area contributed by atoms with Crippen molar-refractivity contribution in [1.29, 1.82) is 5.26 Å². The Bertz CT molecular complexity index is 401. The van der Waals surface area contributed by atoms with Crippen LogP contribution in [0, 0.1) is 11.3 Å². The van der Waals surface area contributed by atoms with E-state index in [1.165, 1.54) is 6.42 Å². The summed E-state index contributed by atoms with van der Waals surface area (Å²) in [5.41, 5.74) is 1.38. The third-order valence-corrected chi connectivity index (χ3v) is 3.22. The molecule has 1 heterocycles. The molecule has 1 saturated carbocycles. The molecule has 0 bridgehead atoms. The summed E-state index contributed by atoms with van der Waals surface area (Å²) in [4.78, 5) is 3.92. The van der Waals surface area contributed by atoms with Crippen LogP contribution in [-0.2, 0) is 6.54 Å². The van der Waals surface area contributed by atoms with E-state index < -0.39 is 0 Å². The van der Waals surface area contributed by atoms with Gasteiger partial charge in [0.1, 0.15) is 11.8 Å². The highest BCUT2D eigenvalue weighted by Crippen LogP contribution is 2.31. The molecule has 0 amide bonds. The second kappa shape index (κ2) is 4.60. The number of hydrogen-bond acceptors (Lipinski definition) is 4. The monoisotopic (exact) mass is 217 g/mol. The molecular weight excluding hydrogens is 202 g/mol. The number of nitrogens with zero attached hydrogens (tertiary/aromatic N) is 2. The summed E-state index contributed by atoms with van der Waals surface area (Å²) in [5.74, 6) is 0. The van der Waals surface area contributed by atoms with Gasteiger partial charge in [0.2, 0.25) is 0 Å². The van der Waals surface area contributed by atoms with Crippen LogP contribution < -0.4 is 5.32 Å². The van der Waals surface area contributed by atoms with E-state index in [0.29, 0.717) is 12.2 Å². The lowest BCUT2D eigenvalue weighted by Gasteiger charge is -2.41. The number of nitrogens with one attached hydrogen (secondary N) is 1. The van der Waals surface area contributed by atoms with Crippen LogP contribution >= 0.6 is 0 Å². The predicted molar refractivity (Wildman–Crippen MR) is 59.5 cm³/mol. The van der Waals surface area contributed by atoms with Crippen molar-refractivity contribution >= 4 is 0 Å². The zero-order valence-electron chi connectivity index (χ0n) is 9.11. The van der Waals surface area contributed by atoms with Gasteiger partial charge in [-0.25, -0.2) is 4.98 Å². The normalized spacial score (nSPS) is 17.5. The number of nitriles is 1. The van der Waals surface area contributed by atoms with Gasteiger partial charge in [0.15, 0.2) is 0 Å². The van der Waals surface area contributed by atoms with Crippen LogP contribution in [0.2, 0.25) is 0 Å². The molecule has 1 aliphatic rings. The largest absolute Gasteiger partial charge is 0.394 e. The van der Waals surface area contributed by atoms with E-state index in [2.05, 4.69) is 10.3 Å². The Morgan fingerprint density at radius 3 is 2.94 bits per heavy atom. The molecule has 0 saturated heterocycles. The molecule has 1 fully saturated rings. The first-order valence-electron chi connectivity index (χ1n) is 5.49. The molecule has 0 radical (unpaired) electrons. The average Bonchev–Trinajstić information content (AvgIpc) is 2.29. The summed E-state index contributed by atoms with van der Waals surface area (Å²) in [6, 6.07) is 5.68. The summed E-state index contributed by atoms with van der Waals surface area (Å²) < 4.78 is 0. The zero-order chi connectivity index (χ0) is 11.4. The number of aliphatic hydroxyl groups is 1. The lowest BCUT2D eigenvalue weighted by molar-refractivity contribution is 0.0872. The fourth-order valence-corrected chi connectivity index (χ4v) is 1.93. The Balaban J connectivity index is 1.96. The minimum absolute atomic E-state index is 0.0872. The van der Waals surface area contributed by atoms with Crippen LogP contribution in [0.3, 0.4) is 0 Å². The number of hydrogen-bond donors (Lipinski definition) is 2. The van der Waals surface area contributed by atoms with E-state index in [1.54, 1.807) is 12.3 Å². The molecule has 0 spiro atoms. The van der Waals surface area contributed by atoms with Crippen LogP contribution in [0.5, 0.6) is 0 Å². The summed E-state index contributed by atoms with van der Waals surface area (Å²) in [5, 5.41) is 21.4. The van der Waals surface area contributed by atoms with Crippen molar-refractivity contribution in [2.75, 3.05) is 6.61 Å². The molecule has 0 aromatic carbocycles. The van der Waals surface area contributed by atoms with E-state index >= 15 is 0 Å². The maximum absolute atomic E-state index is 9.29. The Morgan fingerprint density at radius 2 is 2.38 bits per heavy atom. The predicted octanol–water partition coefficient (Wildman–Crippen LogP) is 0.958. The van der Waals surface area contributed by atoms with Crippen molar-refractivity contribution in [2.45, 2.75) is 31.3 Å². The molecule has 0 unspecified atom stereocenters. The van der Waals surface area contributed by atoms with Crippen molar-refractivity contribution < 1.29 is 5.11 Å². The SMILES string of the molecule is N#Cc1cc(CNC2(CO)CCC2)ccn1. The molecule has 1 aliphatic carbocycles. The number of pyridine rings is 1. The first kappa shape index (κ1) is 11.1. The highest BCUT2D eigenvalue weighted by molar-refractivity contribution is 5.25. The van der Waals surface area contributed by atoms with Gasteiger partial charge in [-0.1, -0.05) is 0 Å².